The Morgan fingerprint density at radius 2 is 1.65 bits per heavy atom. The Morgan fingerprint density at radius 1 is 1.05 bits per heavy atom. The van der Waals surface area contributed by atoms with Gasteiger partial charge in [0, 0.05) is 17.6 Å². The monoisotopic (exact) mass is 274 g/mol. The highest BCUT2D eigenvalue weighted by atomic mass is 16.3. The molecule has 0 radical (unpaired) electrons. The van der Waals surface area contributed by atoms with E-state index in [1.54, 1.807) is 0 Å². The van der Waals surface area contributed by atoms with E-state index < -0.39 is 0 Å². The Kier molecular flexibility index (Phi) is 3.51. The molecule has 1 aromatic carbocycles. The molecule has 1 saturated carbocycles. The summed E-state index contributed by atoms with van der Waals surface area (Å²) in [6, 6.07) is 7.25. The number of nitrogens with one attached hydrogen (secondary N) is 2. The molecule has 20 heavy (non-hydrogen) atoms. The lowest BCUT2D eigenvalue weighted by molar-refractivity contribution is 0.374. The molecule has 3 nitrogen and oxygen atoms in total. The van der Waals surface area contributed by atoms with Crippen molar-refractivity contribution in [3.63, 3.8) is 0 Å². The van der Waals surface area contributed by atoms with Gasteiger partial charge in [-0.2, -0.15) is 0 Å². The average Bonchev–Trinajstić information content (AvgIpc) is 2.80. The maximum atomic E-state index is 10.4. The lowest BCUT2D eigenvalue weighted by atomic mass is 9.86. The summed E-state index contributed by atoms with van der Waals surface area (Å²) in [6.45, 7) is 6.51. The van der Waals surface area contributed by atoms with E-state index in [0.717, 1.165) is 5.56 Å². The fourth-order valence-electron chi connectivity index (χ4n) is 3.44. The van der Waals surface area contributed by atoms with Gasteiger partial charge in [-0.3, -0.25) is 10.6 Å². The van der Waals surface area contributed by atoms with Crippen molar-refractivity contribution in [2.24, 2.45) is 0 Å². The van der Waals surface area contributed by atoms with E-state index in [0.29, 0.717) is 17.8 Å². The molecule has 0 spiro atoms. The van der Waals surface area contributed by atoms with Gasteiger partial charge in [0.1, 0.15) is 5.75 Å². The molecule has 2 atom stereocenters. The molecule has 2 fully saturated rings. The molecule has 1 saturated heterocycles. The topological polar surface area (TPSA) is 44.3 Å². The third-order valence-electron chi connectivity index (χ3n) is 4.73. The number of phenols is 1. The largest absolute Gasteiger partial charge is 0.508 e. The van der Waals surface area contributed by atoms with Crippen molar-refractivity contribution in [2.45, 2.75) is 70.1 Å². The van der Waals surface area contributed by atoms with Gasteiger partial charge in [-0.1, -0.05) is 45.7 Å². The Labute approximate surface area is 121 Å². The molecule has 1 heterocycles. The van der Waals surface area contributed by atoms with E-state index in [4.69, 9.17) is 0 Å². The lowest BCUT2D eigenvalue weighted by Crippen LogP contribution is -2.36. The second-order valence-corrected chi connectivity index (χ2v) is 7.29. The summed E-state index contributed by atoms with van der Waals surface area (Å²) in [5, 5.41) is 17.6. The summed E-state index contributed by atoms with van der Waals surface area (Å²) < 4.78 is 0. The maximum absolute atomic E-state index is 10.4. The van der Waals surface area contributed by atoms with Crippen molar-refractivity contribution in [3.05, 3.63) is 29.3 Å². The summed E-state index contributed by atoms with van der Waals surface area (Å²) >= 11 is 0. The maximum Gasteiger partial charge on any atom is 0.121 e. The fourth-order valence-corrected chi connectivity index (χ4v) is 3.44. The first-order valence-electron chi connectivity index (χ1n) is 7.80. The van der Waals surface area contributed by atoms with Crippen LogP contribution in [-0.4, -0.2) is 17.2 Å². The van der Waals surface area contributed by atoms with E-state index in [1.165, 1.54) is 31.2 Å². The molecule has 0 aromatic heterocycles. The molecular weight excluding hydrogens is 248 g/mol. The van der Waals surface area contributed by atoms with Crippen LogP contribution >= 0.6 is 0 Å². The number of fused-ring (bicyclic) bond motifs is 1. The van der Waals surface area contributed by atoms with E-state index >= 15 is 0 Å². The smallest absolute Gasteiger partial charge is 0.121 e. The molecule has 3 rings (SSSR count). The minimum atomic E-state index is 0.0700. The molecule has 3 N–H and O–H groups in total. The molecule has 2 aliphatic rings. The van der Waals surface area contributed by atoms with Crippen LogP contribution in [0.5, 0.6) is 5.75 Å². The highest BCUT2D eigenvalue weighted by Gasteiger charge is 2.36. The van der Waals surface area contributed by atoms with Crippen molar-refractivity contribution in [3.8, 4) is 5.75 Å². The van der Waals surface area contributed by atoms with E-state index in [-0.39, 0.29) is 11.6 Å². The zero-order valence-electron chi connectivity index (χ0n) is 12.7. The summed E-state index contributed by atoms with van der Waals surface area (Å²) in [4.78, 5) is 0. The van der Waals surface area contributed by atoms with E-state index in [1.807, 2.05) is 6.07 Å². The van der Waals surface area contributed by atoms with Gasteiger partial charge in [-0.15, -0.1) is 0 Å². The number of phenolic OH excluding ortho intramolecular Hbond substituents is 1. The van der Waals surface area contributed by atoms with Crippen LogP contribution in [0.1, 0.15) is 63.7 Å². The summed E-state index contributed by atoms with van der Waals surface area (Å²) in [5.74, 6) is 0.404. The van der Waals surface area contributed by atoms with Crippen LogP contribution in [-0.2, 0) is 5.41 Å². The predicted octanol–water partition coefficient (Wildman–Crippen LogP) is 3.19. The molecule has 1 aromatic rings. The number of aromatic hydroxyl groups is 1. The molecule has 0 unspecified atom stereocenters. The first kappa shape index (κ1) is 13.9. The Morgan fingerprint density at radius 3 is 2.15 bits per heavy atom. The summed E-state index contributed by atoms with van der Waals surface area (Å²) in [6.07, 6.45) is 5.22. The van der Waals surface area contributed by atoms with Crippen LogP contribution in [0.15, 0.2) is 18.2 Å². The van der Waals surface area contributed by atoms with Gasteiger partial charge in [-0.05, 0) is 29.9 Å². The first-order chi connectivity index (χ1) is 9.45. The van der Waals surface area contributed by atoms with Gasteiger partial charge in [0.2, 0.25) is 0 Å². The zero-order chi connectivity index (χ0) is 14.3. The highest BCUT2D eigenvalue weighted by Crippen LogP contribution is 2.34. The van der Waals surface area contributed by atoms with Crippen LogP contribution in [0, 0.1) is 0 Å². The van der Waals surface area contributed by atoms with Crippen molar-refractivity contribution in [1.82, 2.24) is 10.6 Å². The molecule has 1 aliphatic heterocycles. The van der Waals surface area contributed by atoms with Crippen LogP contribution in [0.25, 0.3) is 0 Å². The van der Waals surface area contributed by atoms with Gasteiger partial charge in [0.15, 0.2) is 0 Å². The Hall–Kier alpha value is -1.06. The van der Waals surface area contributed by atoms with Crippen molar-refractivity contribution in [2.75, 3.05) is 0 Å². The minimum absolute atomic E-state index is 0.0700. The third-order valence-corrected chi connectivity index (χ3v) is 4.73. The van der Waals surface area contributed by atoms with E-state index in [9.17, 15) is 5.11 Å². The van der Waals surface area contributed by atoms with E-state index in [2.05, 4.69) is 43.5 Å². The highest BCUT2D eigenvalue weighted by molar-refractivity contribution is 5.41. The van der Waals surface area contributed by atoms with Gasteiger partial charge in [0.05, 0.1) is 6.17 Å². The number of rotatable bonds is 1. The number of hydrogen-bond acceptors (Lipinski definition) is 3. The van der Waals surface area contributed by atoms with Gasteiger partial charge >= 0.3 is 0 Å². The molecule has 0 bridgehead atoms. The first-order valence-corrected chi connectivity index (χ1v) is 7.80. The fraction of sp³-hybridized carbons (Fsp3) is 0.647. The van der Waals surface area contributed by atoms with Crippen LogP contribution in [0.3, 0.4) is 0 Å². The minimum Gasteiger partial charge on any atom is -0.508 e. The standard InChI is InChI=1S/C17H26N2O/c1-17(2,3)11-8-9-12(15(20)10-11)16-18-13-6-4-5-7-14(13)19-16/h8-10,13-14,16,18-20H,4-7H2,1-3H3/t13-,14-/m1/s1. The van der Waals surface area contributed by atoms with Gasteiger partial charge < -0.3 is 5.11 Å². The lowest BCUT2D eigenvalue weighted by Gasteiger charge is -2.23. The van der Waals surface area contributed by atoms with Crippen LogP contribution in [0.4, 0.5) is 0 Å². The summed E-state index contributed by atoms with van der Waals surface area (Å²) in [7, 11) is 0. The molecule has 3 heteroatoms. The Balaban J connectivity index is 1.81. The molecule has 0 amide bonds. The number of hydrogen-bond donors (Lipinski definition) is 3. The molecule has 1 aliphatic carbocycles. The van der Waals surface area contributed by atoms with Crippen LogP contribution in [0.2, 0.25) is 0 Å². The SMILES string of the molecule is CC(C)(C)c1ccc(C2N[C@@H]3CCCC[C@H]3N2)c(O)c1. The van der Waals surface area contributed by atoms with Crippen molar-refractivity contribution < 1.29 is 5.11 Å². The van der Waals surface area contributed by atoms with Crippen LogP contribution < -0.4 is 10.6 Å². The molecule has 110 valence electrons. The Bertz CT molecular complexity index is 478. The quantitative estimate of drug-likeness (QED) is 0.737. The second kappa shape index (κ2) is 5.05. The third kappa shape index (κ3) is 2.57. The van der Waals surface area contributed by atoms with Gasteiger partial charge in [0.25, 0.3) is 0 Å². The normalized spacial score (nSPS) is 27.6. The summed E-state index contributed by atoms with van der Waals surface area (Å²) in [5.41, 5.74) is 2.22. The van der Waals surface area contributed by atoms with Crippen molar-refractivity contribution >= 4 is 0 Å². The average molecular weight is 274 g/mol. The second-order valence-electron chi connectivity index (χ2n) is 7.29. The molecular formula is C17H26N2O. The predicted molar refractivity (Wildman–Crippen MR) is 81.9 cm³/mol. The zero-order valence-corrected chi connectivity index (χ0v) is 12.7. The number of benzene rings is 1. The van der Waals surface area contributed by atoms with Gasteiger partial charge in [-0.25, -0.2) is 0 Å². The van der Waals surface area contributed by atoms with Crippen molar-refractivity contribution in [1.29, 1.82) is 0 Å².